The fourth-order valence-electron chi connectivity index (χ4n) is 4.86. The Morgan fingerprint density at radius 1 is 0.920 bits per heavy atom. The Kier molecular flexibility index (Phi) is 11.1. The highest BCUT2D eigenvalue weighted by molar-refractivity contribution is 5.03. The largest absolute Gasteiger partial charge is 0.0846 e. The molecule has 0 unspecified atom stereocenters. The molecule has 0 spiro atoms. The summed E-state index contributed by atoms with van der Waals surface area (Å²) in [5.74, 6) is 3.48. The minimum atomic E-state index is 0.435. The summed E-state index contributed by atoms with van der Waals surface area (Å²) < 4.78 is 0. The highest BCUT2D eigenvalue weighted by Crippen LogP contribution is 2.40. The molecule has 148 valence electrons. The Bertz CT molecular complexity index is 353. The molecule has 1 aliphatic carbocycles. The second-order valence-electron chi connectivity index (χ2n) is 9.77. The molecule has 0 N–H and O–H groups in total. The highest BCUT2D eigenvalue weighted by Gasteiger charge is 2.30. The van der Waals surface area contributed by atoms with E-state index in [9.17, 15) is 0 Å². The van der Waals surface area contributed by atoms with Gasteiger partial charge < -0.3 is 0 Å². The molecule has 1 saturated carbocycles. The van der Waals surface area contributed by atoms with Crippen molar-refractivity contribution in [2.24, 2.45) is 29.1 Å². The van der Waals surface area contributed by atoms with Gasteiger partial charge in [0, 0.05) is 0 Å². The van der Waals surface area contributed by atoms with E-state index in [4.69, 9.17) is 0 Å². The molecule has 25 heavy (non-hydrogen) atoms. The van der Waals surface area contributed by atoms with Gasteiger partial charge in [0.15, 0.2) is 0 Å². The lowest BCUT2D eigenvalue weighted by Crippen LogP contribution is -2.27. The molecule has 1 fully saturated rings. The van der Waals surface area contributed by atoms with E-state index in [0.717, 1.165) is 23.7 Å². The van der Waals surface area contributed by atoms with Crippen LogP contribution in [0, 0.1) is 29.1 Å². The van der Waals surface area contributed by atoms with Crippen molar-refractivity contribution in [3.8, 4) is 0 Å². The predicted molar refractivity (Wildman–Crippen MR) is 115 cm³/mol. The van der Waals surface area contributed by atoms with Gasteiger partial charge in [0.1, 0.15) is 0 Å². The van der Waals surface area contributed by atoms with Crippen molar-refractivity contribution >= 4 is 0 Å². The Hall–Kier alpha value is -0.260. The summed E-state index contributed by atoms with van der Waals surface area (Å²) in [4.78, 5) is 0. The second-order valence-corrected chi connectivity index (χ2v) is 9.77. The van der Waals surface area contributed by atoms with Crippen LogP contribution in [0.15, 0.2) is 12.2 Å². The zero-order valence-corrected chi connectivity index (χ0v) is 18.4. The summed E-state index contributed by atoms with van der Waals surface area (Å²) in [6.45, 7) is 14.5. The number of unbranched alkanes of at least 4 members (excludes halogenated alkanes) is 5. The predicted octanol–water partition coefficient (Wildman–Crippen LogP) is 8.81. The van der Waals surface area contributed by atoms with Gasteiger partial charge in [0.25, 0.3) is 0 Å². The summed E-state index contributed by atoms with van der Waals surface area (Å²) in [6.07, 6.45) is 22.2. The quantitative estimate of drug-likeness (QED) is 0.244. The third kappa shape index (κ3) is 8.78. The van der Waals surface area contributed by atoms with E-state index in [1.54, 1.807) is 0 Å². The van der Waals surface area contributed by atoms with Crippen LogP contribution in [-0.4, -0.2) is 0 Å². The lowest BCUT2D eigenvalue weighted by molar-refractivity contribution is 0.177. The molecule has 0 aromatic rings. The van der Waals surface area contributed by atoms with Crippen LogP contribution >= 0.6 is 0 Å². The SMILES string of the molecule is CCCCCCC[C@](C)(C=C[C@@H]1C[C@H](C)CC[C@@H]1C(C)C)CCCC. The van der Waals surface area contributed by atoms with E-state index in [2.05, 4.69) is 53.7 Å². The van der Waals surface area contributed by atoms with Crippen molar-refractivity contribution in [1.82, 2.24) is 0 Å². The monoisotopic (exact) mass is 348 g/mol. The smallest absolute Gasteiger partial charge is 0.0146 e. The molecule has 1 aliphatic rings. The fourth-order valence-corrected chi connectivity index (χ4v) is 4.86. The van der Waals surface area contributed by atoms with Crippen LogP contribution in [0.4, 0.5) is 0 Å². The van der Waals surface area contributed by atoms with Gasteiger partial charge >= 0.3 is 0 Å². The van der Waals surface area contributed by atoms with Crippen molar-refractivity contribution in [2.75, 3.05) is 0 Å². The molecule has 0 saturated heterocycles. The summed E-state index contributed by atoms with van der Waals surface area (Å²) in [7, 11) is 0. The molecule has 1 rings (SSSR count). The normalized spacial score (nSPS) is 27.1. The number of rotatable bonds is 12. The Morgan fingerprint density at radius 2 is 1.56 bits per heavy atom. The molecule has 0 amide bonds. The second kappa shape index (κ2) is 12.2. The highest BCUT2D eigenvalue weighted by atomic mass is 14.3. The van der Waals surface area contributed by atoms with E-state index in [0.29, 0.717) is 5.41 Å². The summed E-state index contributed by atoms with van der Waals surface area (Å²) in [5, 5.41) is 0. The average molecular weight is 349 g/mol. The zero-order valence-electron chi connectivity index (χ0n) is 18.4. The number of hydrogen-bond acceptors (Lipinski definition) is 0. The molecule has 4 atom stereocenters. The third-order valence-electron chi connectivity index (χ3n) is 6.77. The van der Waals surface area contributed by atoms with Gasteiger partial charge in [0.2, 0.25) is 0 Å². The molecule has 0 heterocycles. The summed E-state index contributed by atoms with van der Waals surface area (Å²) >= 11 is 0. The van der Waals surface area contributed by atoms with Gasteiger partial charge in [-0.2, -0.15) is 0 Å². The summed E-state index contributed by atoms with van der Waals surface area (Å²) in [6, 6.07) is 0. The van der Waals surface area contributed by atoms with Crippen LogP contribution in [0.3, 0.4) is 0 Å². The molecule has 0 nitrogen and oxygen atoms in total. The standard InChI is InChI=1S/C25H48/c1-7-9-11-12-13-18-25(6,17-10-8-2)19-16-23-20-22(5)14-15-24(23)21(3)4/h16,19,21-24H,7-15,17-18,20H2,1-6H3/t22-,23-,24-,25-/m1/s1. The van der Waals surface area contributed by atoms with Crippen molar-refractivity contribution < 1.29 is 0 Å². The minimum absolute atomic E-state index is 0.435. The van der Waals surface area contributed by atoms with Gasteiger partial charge in [-0.25, -0.2) is 0 Å². The van der Waals surface area contributed by atoms with Crippen LogP contribution in [0.2, 0.25) is 0 Å². The molecule has 0 aromatic heterocycles. The van der Waals surface area contributed by atoms with Crippen molar-refractivity contribution in [3.05, 3.63) is 12.2 Å². The Balaban J connectivity index is 2.67. The van der Waals surface area contributed by atoms with E-state index in [1.165, 1.54) is 77.0 Å². The van der Waals surface area contributed by atoms with Crippen molar-refractivity contribution in [2.45, 2.75) is 119 Å². The van der Waals surface area contributed by atoms with Crippen LogP contribution in [-0.2, 0) is 0 Å². The molecule has 0 radical (unpaired) electrons. The first kappa shape index (κ1) is 22.8. The van der Waals surface area contributed by atoms with Gasteiger partial charge in [-0.15, -0.1) is 0 Å². The van der Waals surface area contributed by atoms with E-state index in [1.807, 2.05) is 0 Å². The topological polar surface area (TPSA) is 0 Å². The Labute approximate surface area is 160 Å². The van der Waals surface area contributed by atoms with Gasteiger partial charge in [-0.05, 0) is 54.8 Å². The first-order valence-corrected chi connectivity index (χ1v) is 11.6. The third-order valence-corrected chi connectivity index (χ3v) is 6.77. The van der Waals surface area contributed by atoms with Gasteiger partial charge in [-0.3, -0.25) is 0 Å². The van der Waals surface area contributed by atoms with Crippen molar-refractivity contribution in [1.29, 1.82) is 0 Å². The van der Waals surface area contributed by atoms with E-state index >= 15 is 0 Å². The van der Waals surface area contributed by atoms with E-state index < -0.39 is 0 Å². The van der Waals surface area contributed by atoms with Crippen LogP contribution in [0.25, 0.3) is 0 Å². The molecular formula is C25H48. The first-order valence-electron chi connectivity index (χ1n) is 11.6. The van der Waals surface area contributed by atoms with E-state index in [-0.39, 0.29) is 0 Å². The molecule has 0 aromatic carbocycles. The lowest BCUT2D eigenvalue weighted by atomic mass is 9.69. The fraction of sp³-hybridized carbons (Fsp3) is 0.920. The van der Waals surface area contributed by atoms with Gasteiger partial charge in [0.05, 0.1) is 0 Å². The maximum Gasteiger partial charge on any atom is -0.0146 e. The van der Waals surface area contributed by atoms with Crippen LogP contribution in [0.1, 0.15) is 119 Å². The van der Waals surface area contributed by atoms with Crippen molar-refractivity contribution in [3.63, 3.8) is 0 Å². The minimum Gasteiger partial charge on any atom is -0.0846 e. The average Bonchev–Trinajstić information content (AvgIpc) is 2.58. The molecule has 0 aliphatic heterocycles. The van der Waals surface area contributed by atoms with Gasteiger partial charge in [-0.1, -0.05) is 105 Å². The number of hydrogen-bond donors (Lipinski definition) is 0. The van der Waals surface area contributed by atoms with Crippen LogP contribution in [0.5, 0.6) is 0 Å². The number of allylic oxidation sites excluding steroid dienone is 2. The maximum atomic E-state index is 2.67. The maximum absolute atomic E-state index is 2.67. The van der Waals surface area contributed by atoms with Crippen LogP contribution < -0.4 is 0 Å². The first-order chi connectivity index (χ1) is 11.9. The lowest BCUT2D eigenvalue weighted by Gasteiger charge is -2.37. The summed E-state index contributed by atoms with van der Waals surface area (Å²) in [5.41, 5.74) is 0.435. The Morgan fingerprint density at radius 3 is 2.20 bits per heavy atom. The molecule has 0 bridgehead atoms. The molecule has 0 heteroatoms. The molecular weight excluding hydrogens is 300 g/mol. The zero-order chi connectivity index (χ0) is 18.7.